The van der Waals surface area contributed by atoms with Gasteiger partial charge in [-0.3, -0.25) is 4.79 Å². The molecule has 4 heteroatoms. The molecule has 0 aromatic rings. The molecule has 0 spiro atoms. The van der Waals surface area contributed by atoms with Crippen LogP contribution in [0, 0.1) is 10.8 Å². The van der Waals surface area contributed by atoms with Gasteiger partial charge in [-0.2, -0.15) is 0 Å². The Kier molecular flexibility index (Phi) is 1.44. The van der Waals surface area contributed by atoms with Gasteiger partial charge in [0, 0.05) is 5.41 Å². The summed E-state index contributed by atoms with van der Waals surface area (Å²) in [5.74, 6) is -1.38. The molecule has 1 aliphatic heterocycles. The van der Waals surface area contributed by atoms with Crippen LogP contribution in [0.15, 0.2) is 0 Å². The maximum Gasteiger partial charge on any atom is 0.348 e. The summed E-state index contributed by atoms with van der Waals surface area (Å²) < 4.78 is 5.09. The van der Waals surface area contributed by atoms with Crippen molar-refractivity contribution in [2.75, 3.05) is 0 Å². The minimum absolute atomic E-state index is 0.365. The number of esters is 1. The van der Waals surface area contributed by atoms with Gasteiger partial charge in [-0.25, -0.2) is 4.79 Å². The summed E-state index contributed by atoms with van der Waals surface area (Å²) in [7, 11) is 0. The van der Waals surface area contributed by atoms with Crippen LogP contribution in [0.25, 0.3) is 0 Å². The molecular weight excluding hydrogens is 184 g/mol. The molecule has 4 nitrogen and oxygen atoms in total. The maximum absolute atomic E-state index is 11.6. The van der Waals surface area contributed by atoms with Crippen molar-refractivity contribution in [3.63, 3.8) is 0 Å². The summed E-state index contributed by atoms with van der Waals surface area (Å²) in [5, 5.41) is 9.18. The van der Waals surface area contributed by atoms with E-state index in [-0.39, 0.29) is 5.97 Å². The first kappa shape index (κ1) is 9.49. The average Bonchev–Trinajstić information content (AvgIpc) is 2.34. The largest absolute Gasteiger partial charge is 0.478 e. The van der Waals surface area contributed by atoms with E-state index in [1.165, 1.54) is 0 Å². The van der Waals surface area contributed by atoms with Gasteiger partial charge in [0.25, 0.3) is 0 Å². The number of hydrogen-bond acceptors (Lipinski definition) is 3. The number of rotatable bonds is 1. The predicted octanol–water partition coefficient (Wildman–Crippen LogP) is 1.19. The topological polar surface area (TPSA) is 63.6 Å². The lowest BCUT2D eigenvalue weighted by molar-refractivity contribution is -0.178. The van der Waals surface area contributed by atoms with Gasteiger partial charge in [-0.15, -0.1) is 0 Å². The van der Waals surface area contributed by atoms with Crippen molar-refractivity contribution in [3.8, 4) is 0 Å². The first-order chi connectivity index (χ1) is 6.28. The van der Waals surface area contributed by atoms with Crippen LogP contribution in [0.5, 0.6) is 0 Å². The molecule has 2 atom stereocenters. The van der Waals surface area contributed by atoms with Crippen molar-refractivity contribution >= 4 is 11.9 Å². The third-order valence-electron chi connectivity index (χ3n) is 4.43. The highest BCUT2D eigenvalue weighted by molar-refractivity contribution is 5.92. The second-order valence-corrected chi connectivity index (χ2v) is 4.98. The Balaban J connectivity index is 2.60. The van der Waals surface area contributed by atoms with Crippen molar-refractivity contribution in [2.24, 2.45) is 10.8 Å². The molecule has 2 rings (SSSR count). The summed E-state index contributed by atoms with van der Waals surface area (Å²) in [6.07, 6.45) is 1.03. The number of carbonyl (C=O) groups excluding carboxylic acids is 1. The molecule has 1 saturated carbocycles. The van der Waals surface area contributed by atoms with E-state index in [1.54, 1.807) is 20.8 Å². The van der Waals surface area contributed by atoms with E-state index in [0.29, 0.717) is 12.8 Å². The standard InChI is InChI=1S/C10H14O4/c1-8(2)9(3)4-5-10(8,6(11)12)14-7(9)13/h4-5H2,1-3H3,(H,11,12)/t9-,10-/m1/s1. The zero-order chi connectivity index (χ0) is 10.8. The molecule has 0 radical (unpaired) electrons. The quantitative estimate of drug-likeness (QED) is 0.643. The lowest BCUT2D eigenvalue weighted by Gasteiger charge is -2.32. The molecule has 0 amide bonds. The number of carboxylic acids is 1. The SMILES string of the molecule is CC1(C)[C@]2(C)CC[C@]1(C(=O)O)OC2=O. The van der Waals surface area contributed by atoms with E-state index in [9.17, 15) is 14.7 Å². The van der Waals surface area contributed by atoms with Crippen LogP contribution in [0.2, 0.25) is 0 Å². The molecule has 2 aliphatic rings. The highest BCUT2D eigenvalue weighted by Crippen LogP contribution is 2.65. The summed E-state index contributed by atoms with van der Waals surface area (Å²) in [6, 6.07) is 0. The summed E-state index contributed by atoms with van der Waals surface area (Å²) in [6.45, 7) is 5.41. The van der Waals surface area contributed by atoms with Gasteiger partial charge in [0.05, 0.1) is 5.41 Å². The van der Waals surface area contributed by atoms with Crippen LogP contribution >= 0.6 is 0 Å². The molecule has 14 heavy (non-hydrogen) atoms. The molecule has 0 aromatic heterocycles. The first-order valence-electron chi connectivity index (χ1n) is 4.75. The molecule has 0 unspecified atom stereocenters. The second-order valence-electron chi connectivity index (χ2n) is 4.98. The third-order valence-corrected chi connectivity index (χ3v) is 4.43. The zero-order valence-electron chi connectivity index (χ0n) is 8.59. The van der Waals surface area contributed by atoms with Crippen molar-refractivity contribution in [1.82, 2.24) is 0 Å². The third kappa shape index (κ3) is 0.645. The zero-order valence-corrected chi connectivity index (χ0v) is 8.59. The van der Waals surface area contributed by atoms with Crippen LogP contribution in [-0.2, 0) is 14.3 Å². The van der Waals surface area contributed by atoms with E-state index in [2.05, 4.69) is 0 Å². The molecule has 1 aliphatic carbocycles. The molecule has 1 heterocycles. The minimum Gasteiger partial charge on any atom is -0.478 e. The van der Waals surface area contributed by atoms with Crippen LogP contribution in [0.1, 0.15) is 33.6 Å². The van der Waals surface area contributed by atoms with E-state index < -0.39 is 22.4 Å². The lowest BCUT2D eigenvalue weighted by atomic mass is 9.66. The molecule has 1 N–H and O–H groups in total. The molecule has 0 aromatic carbocycles. The lowest BCUT2D eigenvalue weighted by Crippen LogP contribution is -2.47. The predicted molar refractivity (Wildman–Crippen MR) is 47.6 cm³/mol. The number of aliphatic carboxylic acids is 1. The summed E-state index contributed by atoms with van der Waals surface area (Å²) >= 11 is 0. The fourth-order valence-corrected chi connectivity index (χ4v) is 2.72. The van der Waals surface area contributed by atoms with Gasteiger partial charge in [0.2, 0.25) is 5.60 Å². The molecule has 1 saturated heterocycles. The molecule has 78 valence electrons. The molecular formula is C10H14O4. The van der Waals surface area contributed by atoms with E-state index in [1.807, 2.05) is 0 Å². The fourth-order valence-electron chi connectivity index (χ4n) is 2.72. The van der Waals surface area contributed by atoms with Crippen molar-refractivity contribution in [1.29, 1.82) is 0 Å². The Morgan fingerprint density at radius 1 is 1.36 bits per heavy atom. The Morgan fingerprint density at radius 3 is 2.14 bits per heavy atom. The first-order valence-corrected chi connectivity index (χ1v) is 4.75. The van der Waals surface area contributed by atoms with Gasteiger partial charge in [-0.1, -0.05) is 13.8 Å². The summed E-state index contributed by atoms with van der Waals surface area (Å²) in [5.41, 5.74) is -2.55. The number of carboxylic acid groups (broad SMARTS) is 1. The fraction of sp³-hybridized carbons (Fsp3) is 0.800. The van der Waals surface area contributed by atoms with Gasteiger partial charge in [-0.05, 0) is 19.8 Å². The second kappa shape index (κ2) is 2.12. The Labute approximate surface area is 82.2 Å². The number of hydrogen-bond donors (Lipinski definition) is 1. The monoisotopic (exact) mass is 198 g/mol. The van der Waals surface area contributed by atoms with Gasteiger partial charge in [0.1, 0.15) is 0 Å². The Hall–Kier alpha value is -1.06. The molecule has 2 bridgehead atoms. The summed E-state index contributed by atoms with van der Waals surface area (Å²) in [4.78, 5) is 22.8. The number of fused-ring (bicyclic) bond motifs is 2. The smallest absolute Gasteiger partial charge is 0.348 e. The van der Waals surface area contributed by atoms with Gasteiger partial charge >= 0.3 is 11.9 Å². The van der Waals surface area contributed by atoms with Crippen molar-refractivity contribution in [3.05, 3.63) is 0 Å². The number of ether oxygens (including phenoxy) is 1. The van der Waals surface area contributed by atoms with Gasteiger partial charge in [0.15, 0.2) is 0 Å². The highest BCUT2D eigenvalue weighted by atomic mass is 16.6. The minimum atomic E-state index is -1.29. The van der Waals surface area contributed by atoms with Gasteiger partial charge < -0.3 is 9.84 Å². The molecule has 2 fully saturated rings. The average molecular weight is 198 g/mol. The van der Waals surface area contributed by atoms with Crippen LogP contribution < -0.4 is 0 Å². The van der Waals surface area contributed by atoms with Crippen LogP contribution in [0.4, 0.5) is 0 Å². The van der Waals surface area contributed by atoms with Crippen LogP contribution in [-0.4, -0.2) is 22.6 Å². The number of carbonyl (C=O) groups is 2. The normalized spacial score (nSPS) is 43.8. The highest BCUT2D eigenvalue weighted by Gasteiger charge is 2.76. The Bertz CT molecular complexity index is 333. The van der Waals surface area contributed by atoms with Crippen molar-refractivity contribution < 1.29 is 19.4 Å². The van der Waals surface area contributed by atoms with E-state index in [0.717, 1.165) is 0 Å². The van der Waals surface area contributed by atoms with Crippen LogP contribution in [0.3, 0.4) is 0 Å². The van der Waals surface area contributed by atoms with Crippen molar-refractivity contribution in [2.45, 2.75) is 39.2 Å². The van der Waals surface area contributed by atoms with E-state index >= 15 is 0 Å². The Morgan fingerprint density at radius 2 is 1.93 bits per heavy atom. The maximum atomic E-state index is 11.6. The van der Waals surface area contributed by atoms with E-state index in [4.69, 9.17) is 4.74 Å².